The van der Waals surface area contributed by atoms with Gasteiger partial charge in [-0.1, -0.05) is 91.0 Å². The van der Waals surface area contributed by atoms with Crippen molar-refractivity contribution in [1.82, 2.24) is 4.90 Å². The molecule has 0 unspecified atom stereocenters. The van der Waals surface area contributed by atoms with Crippen LogP contribution in [0.15, 0.2) is 91.0 Å². The Hall–Kier alpha value is -2.46. The van der Waals surface area contributed by atoms with E-state index in [4.69, 9.17) is 4.74 Å². The molecule has 0 saturated carbocycles. The van der Waals surface area contributed by atoms with E-state index >= 15 is 0 Å². The van der Waals surface area contributed by atoms with Gasteiger partial charge in [-0.3, -0.25) is 4.90 Å². The van der Waals surface area contributed by atoms with E-state index in [1.165, 1.54) is 5.56 Å². The van der Waals surface area contributed by atoms with Crippen molar-refractivity contribution >= 4 is 0 Å². The van der Waals surface area contributed by atoms with E-state index < -0.39 is 5.79 Å². The fourth-order valence-electron chi connectivity index (χ4n) is 3.57. The highest BCUT2D eigenvalue weighted by molar-refractivity contribution is 5.24. The molecular weight excluding hydrogens is 322 g/mol. The Morgan fingerprint density at radius 2 is 1.42 bits per heavy atom. The van der Waals surface area contributed by atoms with Crippen LogP contribution in [-0.2, 0) is 17.1 Å². The smallest absolute Gasteiger partial charge is 0.206 e. The van der Waals surface area contributed by atoms with Gasteiger partial charge in [0.2, 0.25) is 5.79 Å². The third kappa shape index (κ3) is 3.70. The second-order valence-corrected chi connectivity index (χ2v) is 6.82. The van der Waals surface area contributed by atoms with Crippen LogP contribution in [0, 0.1) is 0 Å². The first kappa shape index (κ1) is 17.0. The lowest BCUT2D eigenvalue weighted by Crippen LogP contribution is -2.50. The first-order valence-corrected chi connectivity index (χ1v) is 9.00. The summed E-state index contributed by atoms with van der Waals surface area (Å²) in [5, 5.41) is 11.4. The molecule has 0 aromatic heterocycles. The molecule has 1 N–H and O–H groups in total. The van der Waals surface area contributed by atoms with E-state index in [9.17, 15) is 5.11 Å². The van der Waals surface area contributed by atoms with Gasteiger partial charge in [0.15, 0.2) is 0 Å². The second kappa shape index (κ2) is 7.42. The van der Waals surface area contributed by atoms with Crippen molar-refractivity contribution in [3.05, 3.63) is 108 Å². The molecule has 1 aliphatic rings. The van der Waals surface area contributed by atoms with Gasteiger partial charge in [0.25, 0.3) is 0 Å². The lowest BCUT2D eigenvalue weighted by atomic mass is 9.99. The van der Waals surface area contributed by atoms with E-state index in [0.29, 0.717) is 6.54 Å². The molecule has 1 fully saturated rings. The lowest BCUT2D eigenvalue weighted by molar-refractivity contribution is -0.280. The molecule has 4 rings (SSSR count). The molecule has 0 amide bonds. The maximum Gasteiger partial charge on any atom is 0.206 e. The summed E-state index contributed by atoms with van der Waals surface area (Å²) in [6.07, 6.45) is -0.182. The standard InChI is InChI=1S/C23H23NO2/c25-23(21-14-8-3-9-15-21)18-24(16-19-10-4-1-5-11-19)17-22(26-23)20-12-6-2-7-13-20/h1-15,22,25H,16-18H2/t22-,23-/m0/s1. The normalized spacial score (nSPS) is 23.7. The van der Waals surface area contributed by atoms with Crippen molar-refractivity contribution in [3.63, 3.8) is 0 Å². The van der Waals surface area contributed by atoms with Crippen LogP contribution in [0.3, 0.4) is 0 Å². The largest absolute Gasteiger partial charge is 0.361 e. The third-order valence-corrected chi connectivity index (χ3v) is 4.84. The summed E-state index contributed by atoms with van der Waals surface area (Å²) in [6, 6.07) is 30.2. The quantitative estimate of drug-likeness (QED) is 0.772. The molecule has 3 aromatic carbocycles. The summed E-state index contributed by atoms with van der Waals surface area (Å²) in [5.41, 5.74) is 3.11. The summed E-state index contributed by atoms with van der Waals surface area (Å²) in [4.78, 5) is 2.27. The van der Waals surface area contributed by atoms with Gasteiger partial charge < -0.3 is 9.84 Å². The number of morpholine rings is 1. The van der Waals surface area contributed by atoms with Crippen molar-refractivity contribution < 1.29 is 9.84 Å². The monoisotopic (exact) mass is 345 g/mol. The van der Waals surface area contributed by atoms with Gasteiger partial charge in [-0.2, -0.15) is 0 Å². The molecule has 3 aromatic rings. The van der Waals surface area contributed by atoms with Crippen molar-refractivity contribution in [2.75, 3.05) is 13.1 Å². The van der Waals surface area contributed by atoms with E-state index in [0.717, 1.165) is 24.2 Å². The van der Waals surface area contributed by atoms with E-state index in [-0.39, 0.29) is 6.10 Å². The fourth-order valence-corrected chi connectivity index (χ4v) is 3.57. The van der Waals surface area contributed by atoms with Crippen LogP contribution < -0.4 is 0 Å². The van der Waals surface area contributed by atoms with Crippen molar-refractivity contribution in [2.24, 2.45) is 0 Å². The molecular formula is C23H23NO2. The van der Waals surface area contributed by atoms with Gasteiger partial charge in [0.05, 0.1) is 12.6 Å². The minimum absolute atomic E-state index is 0.182. The minimum atomic E-state index is -1.32. The second-order valence-electron chi connectivity index (χ2n) is 6.82. The zero-order valence-electron chi connectivity index (χ0n) is 14.7. The summed E-state index contributed by atoms with van der Waals surface area (Å²) < 4.78 is 6.23. The molecule has 1 aliphatic heterocycles. The van der Waals surface area contributed by atoms with Crippen LogP contribution in [0.25, 0.3) is 0 Å². The van der Waals surface area contributed by atoms with Crippen LogP contribution in [0.4, 0.5) is 0 Å². The SMILES string of the molecule is O[C@@]1(c2ccccc2)CN(Cc2ccccc2)C[C@@H](c2ccccc2)O1. The number of benzene rings is 3. The maximum atomic E-state index is 11.4. The first-order valence-electron chi connectivity index (χ1n) is 9.00. The molecule has 1 heterocycles. The lowest BCUT2D eigenvalue weighted by Gasteiger charge is -2.43. The average molecular weight is 345 g/mol. The average Bonchev–Trinajstić information content (AvgIpc) is 2.70. The molecule has 0 aliphatic carbocycles. The molecule has 132 valence electrons. The van der Waals surface area contributed by atoms with E-state index in [1.54, 1.807) is 0 Å². The zero-order valence-corrected chi connectivity index (χ0v) is 14.7. The Bertz CT molecular complexity index is 823. The molecule has 26 heavy (non-hydrogen) atoms. The topological polar surface area (TPSA) is 32.7 Å². The Labute approximate surface area is 154 Å². The maximum absolute atomic E-state index is 11.4. The van der Waals surface area contributed by atoms with Crippen molar-refractivity contribution in [1.29, 1.82) is 0 Å². The Morgan fingerprint density at radius 1 is 0.846 bits per heavy atom. The zero-order chi connectivity index (χ0) is 17.8. The van der Waals surface area contributed by atoms with E-state index in [1.807, 2.05) is 66.7 Å². The van der Waals surface area contributed by atoms with Gasteiger partial charge in [-0.25, -0.2) is 0 Å². The molecule has 1 saturated heterocycles. The van der Waals surface area contributed by atoms with Gasteiger partial charge in [-0.15, -0.1) is 0 Å². The highest BCUT2D eigenvalue weighted by Crippen LogP contribution is 2.36. The van der Waals surface area contributed by atoms with E-state index in [2.05, 4.69) is 29.2 Å². The fraction of sp³-hybridized carbons (Fsp3) is 0.217. The summed E-state index contributed by atoms with van der Waals surface area (Å²) in [6.45, 7) is 1.96. The molecule has 3 heteroatoms. The number of ether oxygens (including phenoxy) is 1. The summed E-state index contributed by atoms with van der Waals surface area (Å²) in [7, 11) is 0. The third-order valence-electron chi connectivity index (χ3n) is 4.84. The molecule has 0 radical (unpaired) electrons. The predicted octanol–water partition coefficient (Wildman–Crippen LogP) is 4.11. The van der Waals surface area contributed by atoms with Crippen molar-refractivity contribution in [3.8, 4) is 0 Å². The Morgan fingerprint density at radius 3 is 2.08 bits per heavy atom. The van der Waals surface area contributed by atoms with Crippen LogP contribution in [0.2, 0.25) is 0 Å². The van der Waals surface area contributed by atoms with Gasteiger partial charge in [0.1, 0.15) is 0 Å². The van der Waals surface area contributed by atoms with Gasteiger partial charge in [0, 0.05) is 18.7 Å². The summed E-state index contributed by atoms with van der Waals surface area (Å²) in [5.74, 6) is -1.32. The van der Waals surface area contributed by atoms with Gasteiger partial charge in [-0.05, 0) is 11.1 Å². The number of aliphatic hydroxyl groups is 1. The molecule has 2 atom stereocenters. The first-order chi connectivity index (χ1) is 12.7. The molecule has 3 nitrogen and oxygen atoms in total. The van der Waals surface area contributed by atoms with Gasteiger partial charge >= 0.3 is 0 Å². The highest BCUT2D eigenvalue weighted by atomic mass is 16.6. The minimum Gasteiger partial charge on any atom is -0.361 e. The van der Waals surface area contributed by atoms with Crippen molar-refractivity contribution in [2.45, 2.75) is 18.4 Å². The number of rotatable bonds is 4. The Kier molecular flexibility index (Phi) is 4.85. The number of nitrogens with zero attached hydrogens (tertiary/aromatic N) is 1. The van der Waals surface area contributed by atoms with Crippen LogP contribution in [0.1, 0.15) is 22.8 Å². The van der Waals surface area contributed by atoms with Crippen LogP contribution >= 0.6 is 0 Å². The molecule has 0 spiro atoms. The predicted molar refractivity (Wildman–Crippen MR) is 102 cm³/mol. The number of hydrogen-bond acceptors (Lipinski definition) is 3. The van der Waals surface area contributed by atoms with Crippen LogP contribution in [-0.4, -0.2) is 23.1 Å². The Balaban J connectivity index is 1.64. The van der Waals surface area contributed by atoms with Crippen LogP contribution in [0.5, 0.6) is 0 Å². The summed E-state index contributed by atoms with van der Waals surface area (Å²) >= 11 is 0. The molecule has 0 bridgehead atoms. The number of β-amino-alcohol motifs (C(OH)–C–C–N with tert-alkyl or cyclic N) is 1. The number of hydrogen-bond donors (Lipinski definition) is 1. The highest BCUT2D eigenvalue weighted by Gasteiger charge is 2.41.